The SMILES string of the molecule is CCCC1CC1NCC(O)COCC. The van der Waals surface area contributed by atoms with Gasteiger partial charge in [0.15, 0.2) is 0 Å². The van der Waals surface area contributed by atoms with E-state index in [9.17, 15) is 5.11 Å². The average Bonchev–Trinajstić information content (AvgIpc) is 2.91. The zero-order valence-corrected chi connectivity index (χ0v) is 9.33. The first-order valence-corrected chi connectivity index (χ1v) is 5.77. The van der Waals surface area contributed by atoms with Crippen LogP contribution in [0.1, 0.15) is 33.1 Å². The predicted molar refractivity (Wildman–Crippen MR) is 57.3 cm³/mol. The molecule has 0 spiro atoms. The topological polar surface area (TPSA) is 41.5 Å². The van der Waals surface area contributed by atoms with Crippen molar-refractivity contribution in [2.24, 2.45) is 5.92 Å². The minimum Gasteiger partial charge on any atom is -0.389 e. The van der Waals surface area contributed by atoms with Crippen molar-refractivity contribution in [1.29, 1.82) is 0 Å². The zero-order chi connectivity index (χ0) is 10.4. The molecule has 84 valence electrons. The summed E-state index contributed by atoms with van der Waals surface area (Å²) in [6, 6.07) is 0.659. The van der Waals surface area contributed by atoms with Gasteiger partial charge in [0.1, 0.15) is 0 Å². The molecule has 14 heavy (non-hydrogen) atoms. The normalized spacial score (nSPS) is 27.6. The summed E-state index contributed by atoms with van der Waals surface area (Å²) >= 11 is 0. The van der Waals surface area contributed by atoms with E-state index < -0.39 is 0 Å². The van der Waals surface area contributed by atoms with Gasteiger partial charge in [-0.05, 0) is 25.7 Å². The molecule has 0 heterocycles. The van der Waals surface area contributed by atoms with Crippen LogP contribution in [0.4, 0.5) is 0 Å². The Balaban J connectivity index is 1.94. The Morgan fingerprint density at radius 3 is 2.93 bits per heavy atom. The number of aliphatic hydroxyl groups is 1. The van der Waals surface area contributed by atoms with Crippen LogP contribution in [-0.2, 0) is 4.74 Å². The Morgan fingerprint density at radius 1 is 1.50 bits per heavy atom. The first-order chi connectivity index (χ1) is 6.77. The summed E-state index contributed by atoms with van der Waals surface area (Å²) in [4.78, 5) is 0. The van der Waals surface area contributed by atoms with Crippen LogP contribution in [0.3, 0.4) is 0 Å². The average molecular weight is 201 g/mol. The second kappa shape index (κ2) is 6.38. The van der Waals surface area contributed by atoms with Gasteiger partial charge < -0.3 is 15.2 Å². The number of nitrogens with one attached hydrogen (secondary N) is 1. The maximum atomic E-state index is 9.49. The minimum atomic E-state index is -0.349. The second-order valence-corrected chi connectivity index (χ2v) is 4.11. The third kappa shape index (κ3) is 4.40. The first kappa shape index (κ1) is 12.0. The van der Waals surface area contributed by atoms with E-state index in [0.717, 1.165) is 5.92 Å². The van der Waals surface area contributed by atoms with Gasteiger partial charge in [-0.2, -0.15) is 0 Å². The van der Waals surface area contributed by atoms with Crippen LogP contribution in [0.5, 0.6) is 0 Å². The molecule has 3 heteroatoms. The van der Waals surface area contributed by atoms with E-state index in [2.05, 4.69) is 12.2 Å². The van der Waals surface area contributed by atoms with Gasteiger partial charge in [0.05, 0.1) is 12.7 Å². The van der Waals surface area contributed by atoms with E-state index in [0.29, 0.717) is 25.8 Å². The highest BCUT2D eigenvalue weighted by molar-refractivity contribution is 4.92. The number of aliphatic hydroxyl groups excluding tert-OH is 1. The van der Waals surface area contributed by atoms with Gasteiger partial charge in [-0.1, -0.05) is 13.3 Å². The highest BCUT2D eigenvalue weighted by atomic mass is 16.5. The summed E-state index contributed by atoms with van der Waals surface area (Å²) in [6.07, 6.45) is 3.52. The van der Waals surface area contributed by atoms with Gasteiger partial charge in [0.2, 0.25) is 0 Å². The van der Waals surface area contributed by atoms with E-state index in [1.807, 2.05) is 6.92 Å². The molecule has 0 aromatic rings. The molecular formula is C11H23NO2. The van der Waals surface area contributed by atoms with Gasteiger partial charge in [0.25, 0.3) is 0 Å². The first-order valence-electron chi connectivity index (χ1n) is 5.77. The van der Waals surface area contributed by atoms with Crippen LogP contribution in [0.2, 0.25) is 0 Å². The molecule has 0 saturated heterocycles. The van der Waals surface area contributed by atoms with Crippen molar-refractivity contribution in [3.63, 3.8) is 0 Å². The van der Waals surface area contributed by atoms with E-state index in [1.54, 1.807) is 0 Å². The van der Waals surface area contributed by atoms with Crippen molar-refractivity contribution in [3.05, 3.63) is 0 Å². The van der Waals surface area contributed by atoms with Crippen LogP contribution in [-0.4, -0.2) is 37.0 Å². The Hall–Kier alpha value is -0.120. The highest BCUT2D eigenvalue weighted by Crippen LogP contribution is 2.34. The van der Waals surface area contributed by atoms with Crippen LogP contribution < -0.4 is 5.32 Å². The van der Waals surface area contributed by atoms with E-state index in [1.165, 1.54) is 19.3 Å². The molecule has 1 saturated carbocycles. The second-order valence-electron chi connectivity index (χ2n) is 4.11. The lowest BCUT2D eigenvalue weighted by Gasteiger charge is -2.11. The standard InChI is InChI=1S/C11H23NO2/c1-3-5-9-6-11(9)12-7-10(13)8-14-4-2/h9-13H,3-8H2,1-2H3. The lowest BCUT2D eigenvalue weighted by molar-refractivity contribution is 0.0425. The van der Waals surface area contributed by atoms with Crippen LogP contribution in [0.25, 0.3) is 0 Å². The molecular weight excluding hydrogens is 178 g/mol. The van der Waals surface area contributed by atoms with Crippen LogP contribution >= 0.6 is 0 Å². The quantitative estimate of drug-likeness (QED) is 0.619. The third-order valence-electron chi connectivity index (χ3n) is 2.71. The summed E-state index contributed by atoms with van der Waals surface area (Å²) in [5.74, 6) is 0.860. The Morgan fingerprint density at radius 2 is 2.29 bits per heavy atom. The van der Waals surface area contributed by atoms with Crippen molar-refractivity contribution < 1.29 is 9.84 Å². The number of ether oxygens (including phenoxy) is 1. The van der Waals surface area contributed by atoms with Gasteiger partial charge in [-0.25, -0.2) is 0 Å². The molecule has 0 amide bonds. The lowest BCUT2D eigenvalue weighted by atomic mass is 10.2. The molecule has 1 aliphatic carbocycles. The van der Waals surface area contributed by atoms with Gasteiger partial charge >= 0.3 is 0 Å². The zero-order valence-electron chi connectivity index (χ0n) is 9.33. The van der Waals surface area contributed by atoms with E-state index in [-0.39, 0.29) is 6.10 Å². The fraction of sp³-hybridized carbons (Fsp3) is 1.00. The lowest BCUT2D eigenvalue weighted by Crippen LogP contribution is -2.32. The molecule has 0 radical (unpaired) electrons. The van der Waals surface area contributed by atoms with Crippen molar-refractivity contribution in [2.45, 2.75) is 45.3 Å². The van der Waals surface area contributed by atoms with E-state index in [4.69, 9.17) is 4.74 Å². The van der Waals surface area contributed by atoms with Crippen molar-refractivity contribution in [1.82, 2.24) is 5.32 Å². The number of hydrogen-bond donors (Lipinski definition) is 2. The van der Waals surface area contributed by atoms with Gasteiger partial charge in [-0.3, -0.25) is 0 Å². The summed E-state index contributed by atoms with van der Waals surface area (Å²) in [5, 5.41) is 12.9. The fourth-order valence-electron chi connectivity index (χ4n) is 1.79. The predicted octanol–water partition coefficient (Wildman–Crippen LogP) is 1.16. The number of hydrogen-bond acceptors (Lipinski definition) is 3. The third-order valence-corrected chi connectivity index (χ3v) is 2.71. The molecule has 1 fully saturated rings. The Bertz CT molecular complexity index is 150. The van der Waals surface area contributed by atoms with Crippen molar-refractivity contribution >= 4 is 0 Å². The molecule has 3 atom stereocenters. The maximum absolute atomic E-state index is 9.49. The summed E-state index contributed by atoms with van der Waals surface area (Å²) in [7, 11) is 0. The molecule has 3 unspecified atom stereocenters. The monoisotopic (exact) mass is 201 g/mol. The Labute approximate surface area is 86.8 Å². The summed E-state index contributed by atoms with van der Waals surface area (Å²) < 4.78 is 5.13. The van der Waals surface area contributed by atoms with Gasteiger partial charge in [-0.15, -0.1) is 0 Å². The molecule has 0 aliphatic heterocycles. The maximum Gasteiger partial charge on any atom is 0.0897 e. The molecule has 3 nitrogen and oxygen atoms in total. The highest BCUT2D eigenvalue weighted by Gasteiger charge is 2.35. The minimum absolute atomic E-state index is 0.349. The van der Waals surface area contributed by atoms with Crippen molar-refractivity contribution in [2.75, 3.05) is 19.8 Å². The van der Waals surface area contributed by atoms with Crippen LogP contribution in [0, 0.1) is 5.92 Å². The van der Waals surface area contributed by atoms with E-state index >= 15 is 0 Å². The number of rotatable bonds is 8. The molecule has 0 aromatic carbocycles. The molecule has 2 N–H and O–H groups in total. The Kier molecular flexibility index (Phi) is 5.45. The largest absolute Gasteiger partial charge is 0.389 e. The molecule has 0 aromatic heterocycles. The smallest absolute Gasteiger partial charge is 0.0897 e. The fourth-order valence-corrected chi connectivity index (χ4v) is 1.79. The molecule has 1 aliphatic rings. The van der Waals surface area contributed by atoms with Crippen molar-refractivity contribution in [3.8, 4) is 0 Å². The molecule has 1 rings (SSSR count). The molecule has 0 bridgehead atoms. The van der Waals surface area contributed by atoms with Gasteiger partial charge in [0, 0.05) is 19.2 Å². The summed E-state index contributed by atoms with van der Waals surface area (Å²) in [6.45, 7) is 5.97. The summed E-state index contributed by atoms with van der Waals surface area (Å²) in [5.41, 5.74) is 0. The van der Waals surface area contributed by atoms with Crippen LogP contribution in [0.15, 0.2) is 0 Å².